The third-order valence-electron chi connectivity index (χ3n) is 5.58. The van der Waals surface area contributed by atoms with Gasteiger partial charge in [-0.15, -0.1) is 0 Å². The predicted octanol–water partition coefficient (Wildman–Crippen LogP) is 4.37. The lowest BCUT2D eigenvalue weighted by Crippen LogP contribution is -2.55. The Labute approximate surface area is 179 Å². The van der Waals surface area contributed by atoms with E-state index in [-0.39, 0.29) is 5.91 Å². The quantitative estimate of drug-likeness (QED) is 0.451. The maximum atomic E-state index is 12.4. The van der Waals surface area contributed by atoms with E-state index < -0.39 is 11.8 Å². The van der Waals surface area contributed by atoms with Crippen molar-refractivity contribution >= 4 is 40.9 Å². The molecule has 2 aliphatic rings. The van der Waals surface area contributed by atoms with E-state index in [0.29, 0.717) is 47.2 Å². The van der Waals surface area contributed by atoms with E-state index in [1.165, 1.54) is 0 Å². The van der Waals surface area contributed by atoms with Crippen molar-refractivity contribution in [2.45, 2.75) is 51.2 Å². The molecule has 2 heterocycles. The summed E-state index contributed by atoms with van der Waals surface area (Å²) < 4.78 is 0. The first-order valence-electron chi connectivity index (χ1n) is 10.0. The first-order valence-corrected chi connectivity index (χ1v) is 10.4. The summed E-state index contributed by atoms with van der Waals surface area (Å²) in [7, 11) is 0. The molecule has 9 heteroatoms. The summed E-state index contributed by atoms with van der Waals surface area (Å²) in [5.41, 5.74) is 2.09. The zero-order chi connectivity index (χ0) is 21.3. The number of benzene rings is 1. The van der Waals surface area contributed by atoms with E-state index in [4.69, 9.17) is 11.6 Å². The molecule has 0 radical (unpaired) electrons. The van der Waals surface area contributed by atoms with Crippen LogP contribution in [0.3, 0.4) is 0 Å². The summed E-state index contributed by atoms with van der Waals surface area (Å²) in [5.74, 6) is 0.508. The van der Waals surface area contributed by atoms with Crippen molar-refractivity contribution in [3.05, 3.63) is 46.0 Å². The number of hydrogen-bond donors (Lipinski definition) is 5. The normalized spacial score (nSPS) is 17.1. The van der Waals surface area contributed by atoms with Crippen LogP contribution >= 0.6 is 11.6 Å². The summed E-state index contributed by atoms with van der Waals surface area (Å²) in [6.07, 6.45) is 3.00. The van der Waals surface area contributed by atoms with Crippen molar-refractivity contribution < 1.29 is 14.7 Å². The minimum Gasteiger partial charge on any atom is -0.465 e. The molecule has 1 aliphatic carbocycles. The van der Waals surface area contributed by atoms with Crippen molar-refractivity contribution in [1.82, 2.24) is 15.6 Å². The highest BCUT2D eigenvalue weighted by atomic mass is 35.5. The van der Waals surface area contributed by atoms with Gasteiger partial charge in [0.25, 0.3) is 5.91 Å². The number of halogens is 1. The van der Waals surface area contributed by atoms with Gasteiger partial charge in [-0.1, -0.05) is 30.2 Å². The molecule has 8 nitrogen and oxygen atoms in total. The number of pyridine rings is 1. The van der Waals surface area contributed by atoms with Crippen LogP contribution < -0.4 is 21.3 Å². The maximum absolute atomic E-state index is 12.4. The molecule has 30 heavy (non-hydrogen) atoms. The van der Waals surface area contributed by atoms with Crippen LogP contribution in [0.25, 0.3) is 0 Å². The lowest BCUT2D eigenvalue weighted by molar-refractivity contribution is 0.0966. The molecular weight excluding hydrogens is 406 g/mol. The molecule has 158 valence electrons. The molecule has 2 aromatic rings. The van der Waals surface area contributed by atoms with Crippen LogP contribution in [0, 0.1) is 6.92 Å². The van der Waals surface area contributed by atoms with E-state index in [1.807, 2.05) is 31.2 Å². The molecule has 0 unspecified atom stereocenters. The smallest absolute Gasteiger partial charge is 0.406 e. The fraction of sp³-hybridized carbons (Fsp3) is 0.381. The van der Waals surface area contributed by atoms with Gasteiger partial charge in [0, 0.05) is 17.8 Å². The molecule has 1 saturated carbocycles. The number of carbonyl (C=O) groups is 2. The molecule has 1 aliphatic heterocycles. The van der Waals surface area contributed by atoms with E-state index in [9.17, 15) is 14.7 Å². The number of aromatic nitrogens is 1. The van der Waals surface area contributed by atoms with Crippen LogP contribution in [-0.4, -0.2) is 27.8 Å². The number of nitrogens with zero attached hydrogens (tertiary/aromatic N) is 1. The molecule has 2 amide bonds. The Morgan fingerprint density at radius 1 is 1.23 bits per heavy atom. The number of carboxylic acid groups (broad SMARTS) is 1. The van der Waals surface area contributed by atoms with E-state index in [0.717, 1.165) is 30.5 Å². The number of anilines is 3. The molecule has 4 rings (SSSR count). The number of hydrogen-bond acceptors (Lipinski definition) is 5. The van der Waals surface area contributed by atoms with Gasteiger partial charge in [-0.3, -0.25) is 10.1 Å². The van der Waals surface area contributed by atoms with Crippen LogP contribution in [0.2, 0.25) is 5.02 Å². The highest BCUT2D eigenvalue weighted by Gasteiger charge is 2.36. The van der Waals surface area contributed by atoms with E-state index >= 15 is 0 Å². The molecule has 0 spiro atoms. The Bertz CT molecular complexity index is 1000. The number of amides is 2. The third-order valence-corrected chi connectivity index (χ3v) is 5.99. The molecule has 0 saturated heterocycles. The Kier molecular flexibility index (Phi) is 5.42. The molecule has 0 bridgehead atoms. The fourth-order valence-corrected chi connectivity index (χ4v) is 4.43. The van der Waals surface area contributed by atoms with Crippen molar-refractivity contribution in [3.63, 3.8) is 0 Å². The minimum absolute atomic E-state index is 0.239. The van der Waals surface area contributed by atoms with Gasteiger partial charge >= 0.3 is 6.09 Å². The highest BCUT2D eigenvalue weighted by Crippen LogP contribution is 2.38. The zero-order valence-electron chi connectivity index (χ0n) is 16.6. The van der Waals surface area contributed by atoms with Crippen molar-refractivity contribution in [2.75, 3.05) is 10.6 Å². The Balaban J connectivity index is 1.75. The monoisotopic (exact) mass is 429 g/mol. The number of carbonyl (C=O) groups excluding carboxylic acids is 1. The summed E-state index contributed by atoms with van der Waals surface area (Å²) in [6, 6.07) is 7.75. The van der Waals surface area contributed by atoms with Crippen LogP contribution in [0.15, 0.2) is 24.3 Å². The lowest BCUT2D eigenvalue weighted by Gasteiger charge is -2.38. The zero-order valence-corrected chi connectivity index (χ0v) is 17.4. The van der Waals surface area contributed by atoms with Crippen LogP contribution in [0.4, 0.5) is 22.1 Å². The van der Waals surface area contributed by atoms with Crippen molar-refractivity contribution in [3.8, 4) is 0 Å². The average molecular weight is 430 g/mol. The average Bonchev–Trinajstić information content (AvgIpc) is 3.08. The summed E-state index contributed by atoms with van der Waals surface area (Å²) in [5, 5.41) is 21.6. The number of nitrogens with one attached hydrogen (secondary N) is 4. The number of rotatable bonds is 5. The van der Waals surface area contributed by atoms with Gasteiger partial charge in [-0.25, -0.2) is 9.78 Å². The SMILES string of the molecule is Cc1cccc(Nc2nc(NC3(NC(=O)O)CCCCC3)c(Cl)c3c2C(=O)NC3)c1. The third kappa shape index (κ3) is 4.00. The second kappa shape index (κ2) is 8.02. The lowest BCUT2D eigenvalue weighted by atomic mass is 9.89. The molecule has 0 atom stereocenters. The van der Waals surface area contributed by atoms with E-state index in [2.05, 4.69) is 26.3 Å². The second-order valence-electron chi connectivity index (χ2n) is 7.85. The van der Waals surface area contributed by atoms with Crippen molar-refractivity contribution in [2.24, 2.45) is 0 Å². The Hall–Kier alpha value is -3.00. The molecule has 1 fully saturated rings. The molecule has 1 aromatic heterocycles. The van der Waals surface area contributed by atoms with Gasteiger partial charge in [-0.05, 0) is 50.3 Å². The topological polar surface area (TPSA) is 115 Å². The van der Waals surface area contributed by atoms with Gasteiger partial charge in [0.05, 0.1) is 10.6 Å². The van der Waals surface area contributed by atoms with Gasteiger partial charge in [0.1, 0.15) is 17.3 Å². The van der Waals surface area contributed by atoms with Gasteiger partial charge in [-0.2, -0.15) is 0 Å². The fourth-order valence-electron chi connectivity index (χ4n) is 4.18. The van der Waals surface area contributed by atoms with E-state index in [1.54, 1.807) is 0 Å². The maximum Gasteiger partial charge on any atom is 0.406 e. The Morgan fingerprint density at radius 2 is 2.00 bits per heavy atom. The highest BCUT2D eigenvalue weighted by molar-refractivity contribution is 6.34. The second-order valence-corrected chi connectivity index (χ2v) is 8.23. The number of aryl methyl sites for hydroxylation is 1. The van der Waals surface area contributed by atoms with Crippen molar-refractivity contribution in [1.29, 1.82) is 0 Å². The molecular formula is C21H24ClN5O3. The minimum atomic E-state index is -1.10. The number of fused-ring (bicyclic) bond motifs is 1. The summed E-state index contributed by atoms with van der Waals surface area (Å²) in [4.78, 5) is 28.5. The first-order chi connectivity index (χ1) is 14.4. The summed E-state index contributed by atoms with van der Waals surface area (Å²) in [6.45, 7) is 2.28. The summed E-state index contributed by atoms with van der Waals surface area (Å²) >= 11 is 6.62. The van der Waals surface area contributed by atoms with Crippen LogP contribution in [0.1, 0.15) is 53.6 Å². The molecule has 1 aromatic carbocycles. The largest absolute Gasteiger partial charge is 0.465 e. The van der Waals surface area contributed by atoms with Gasteiger partial charge in [0.2, 0.25) is 0 Å². The van der Waals surface area contributed by atoms with Gasteiger partial charge < -0.3 is 21.1 Å². The van der Waals surface area contributed by atoms with Crippen LogP contribution in [0.5, 0.6) is 0 Å². The predicted molar refractivity (Wildman–Crippen MR) is 115 cm³/mol. The molecule has 5 N–H and O–H groups in total. The standard InChI is InChI=1S/C21H24ClN5O3/c1-12-6-5-7-13(10-12)24-17-15-14(11-23-19(15)28)16(22)18(25-17)26-21(27-20(29)30)8-3-2-4-9-21/h5-7,10,27H,2-4,8-9,11H2,1H3,(H,23,28)(H,29,30)(H2,24,25,26). The Morgan fingerprint density at radius 3 is 2.70 bits per heavy atom. The first kappa shape index (κ1) is 20.3. The van der Waals surface area contributed by atoms with Gasteiger partial charge in [0.15, 0.2) is 0 Å². The van der Waals surface area contributed by atoms with Crippen LogP contribution in [-0.2, 0) is 6.54 Å².